The monoisotopic (exact) mass is 194 g/mol. The van der Waals surface area contributed by atoms with Gasteiger partial charge in [0, 0.05) is 0 Å². The minimum absolute atomic E-state index is 1.22. The van der Waals surface area contributed by atoms with Gasteiger partial charge in [-0.2, -0.15) is 0 Å². The quantitative estimate of drug-likeness (QED) is 0.588. The summed E-state index contributed by atoms with van der Waals surface area (Å²) in [6.45, 7) is 8.33. The maximum absolute atomic E-state index is 2.99. The van der Waals surface area contributed by atoms with Gasteiger partial charge in [0.25, 0.3) is 0 Å². The Morgan fingerprint density at radius 1 is 0.818 bits per heavy atom. The van der Waals surface area contributed by atoms with Gasteiger partial charge in [-0.15, -0.1) is 0 Å². The first kappa shape index (κ1) is 11.9. The molecule has 2 heteroatoms. The van der Waals surface area contributed by atoms with Crippen molar-refractivity contribution in [3.05, 3.63) is 0 Å². The molecular weight excluding hydrogens is 170 g/mol. The van der Waals surface area contributed by atoms with Gasteiger partial charge < -0.3 is 0 Å². The molecule has 1 unspecified atom stereocenters. The molecule has 0 nitrogen and oxygen atoms in total. The molecule has 0 fully saturated rings. The zero-order chi connectivity index (χ0) is 8.98. The Morgan fingerprint density at radius 2 is 1.09 bits per heavy atom. The van der Waals surface area contributed by atoms with E-state index in [1.165, 1.54) is 30.6 Å². The number of rotatable bonds is 5. The van der Waals surface area contributed by atoms with Crippen molar-refractivity contribution < 1.29 is 0 Å². The molecule has 0 bridgehead atoms. The summed E-state index contributed by atoms with van der Waals surface area (Å²) < 4.78 is 0. The van der Waals surface area contributed by atoms with Crippen molar-refractivity contribution in [3.8, 4) is 0 Å². The first-order valence-electron chi connectivity index (χ1n) is 4.82. The molecule has 0 heterocycles. The van der Waals surface area contributed by atoms with E-state index in [2.05, 4.69) is 36.9 Å². The minimum atomic E-state index is -1.22. The molecule has 0 rings (SSSR count). The van der Waals surface area contributed by atoms with E-state index in [0.29, 0.717) is 0 Å². The van der Waals surface area contributed by atoms with E-state index in [1.54, 1.807) is 0 Å². The normalized spacial score (nSPS) is 15.9. The van der Waals surface area contributed by atoms with Crippen LogP contribution in [0.1, 0.15) is 27.7 Å². The van der Waals surface area contributed by atoms with Crippen LogP contribution in [0.2, 0.25) is 0 Å². The SMILES string of the molecule is CCP(CC)(CC)(CC)CP. The van der Waals surface area contributed by atoms with Crippen molar-refractivity contribution >= 4 is 15.8 Å². The summed E-state index contributed by atoms with van der Waals surface area (Å²) in [5.74, 6) is 1.38. The Balaban J connectivity index is 4.67. The predicted molar refractivity (Wildman–Crippen MR) is 63.7 cm³/mol. The molecule has 0 aliphatic carbocycles. The van der Waals surface area contributed by atoms with Crippen LogP contribution in [0.4, 0.5) is 0 Å². The molecular formula is C9H24P2. The summed E-state index contributed by atoms with van der Waals surface area (Å²) in [5, 5.41) is 0. The van der Waals surface area contributed by atoms with Gasteiger partial charge in [-0.1, -0.05) is 0 Å². The molecule has 0 aromatic carbocycles. The van der Waals surface area contributed by atoms with E-state index in [1.807, 2.05) is 0 Å². The van der Waals surface area contributed by atoms with Gasteiger partial charge in [0.2, 0.25) is 0 Å². The van der Waals surface area contributed by atoms with Crippen LogP contribution in [0.5, 0.6) is 0 Å². The van der Waals surface area contributed by atoms with Gasteiger partial charge >= 0.3 is 74.1 Å². The summed E-state index contributed by atoms with van der Waals surface area (Å²) in [6, 6.07) is 0. The molecule has 0 aliphatic rings. The molecule has 0 spiro atoms. The molecule has 0 aromatic heterocycles. The molecule has 0 radical (unpaired) electrons. The zero-order valence-corrected chi connectivity index (χ0v) is 10.6. The van der Waals surface area contributed by atoms with E-state index in [4.69, 9.17) is 0 Å². The summed E-state index contributed by atoms with van der Waals surface area (Å²) in [5.41, 5.74) is 0. The fourth-order valence-corrected chi connectivity index (χ4v) is 8.67. The van der Waals surface area contributed by atoms with Crippen molar-refractivity contribution in [2.75, 3.05) is 30.6 Å². The summed E-state index contributed by atoms with van der Waals surface area (Å²) in [6.07, 6.45) is 5.77. The third-order valence-corrected chi connectivity index (χ3v) is 15.4. The van der Waals surface area contributed by atoms with Crippen LogP contribution in [0.15, 0.2) is 0 Å². The fraction of sp³-hybridized carbons (Fsp3) is 1.00. The molecule has 0 saturated carbocycles. The number of hydrogen-bond donors (Lipinski definition) is 0. The topological polar surface area (TPSA) is 0 Å². The van der Waals surface area contributed by atoms with Gasteiger partial charge in [-0.05, 0) is 0 Å². The molecule has 11 heavy (non-hydrogen) atoms. The van der Waals surface area contributed by atoms with E-state index in [-0.39, 0.29) is 0 Å². The van der Waals surface area contributed by atoms with Gasteiger partial charge in [0.15, 0.2) is 0 Å². The van der Waals surface area contributed by atoms with Crippen LogP contribution in [-0.2, 0) is 0 Å². The first-order chi connectivity index (χ1) is 5.12. The Kier molecular flexibility index (Phi) is 4.53. The summed E-state index contributed by atoms with van der Waals surface area (Å²) in [4.78, 5) is 0. The fourth-order valence-electron chi connectivity index (χ4n) is 1.86. The molecule has 1 atom stereocenters. The molecule has 0 N–H and O–H groups in total. The Labute approximate surface area is 74.7 Å². The maximum atomic E-state index is 2.99. The van der Waals surface area contributed by atoms with Crippen molar-refractivity contribution in [3.63, 3.8) is 0 Å². The standard InChI is InChI=1S/C9H24P2/c1-5-11(6-2,7-3,8-4)9-10/h5-10H2,1-4H3. The van der Waals surface area contributed by atoms with Gasteiger partial charge in [0.05, 0.1) is 0 Å². The molecule has 0 amide bonds. The van der Waals surface area contributed by atoms with Gasteiger partial charge in [-0.3, -0.25) is 0 Å². The second kappa shape index (κ2) is 4.20. The molecule has 0 aliphatic heterocycles. The third kappa shape index (κ3) is 1.96. The van der Waals surface area contributed by atoms with Crippen LogP contribution in [0.25, 0.3) is 0 Å². The van der Waals surface area contributed by atoms with Gasteiger partial charge in [-0.25, -0.2) is 0 Å². The Hall–Kier alpha value is 0.860. The van der Waals surface area contributed by atoms with Crippen molar-refractivity contribution in [2.45, 2.75) is 27.7 Å². The van der Waals surface area contributed by atoms with Crippen molar-refractivity contribution in [2.24, 2.45) is 0 Å². The second-order valence-electron chi connectivity index (χ2n) is 3.68. The van der Waals surface area contributed by atoms with Crippen LogP contribution in [0, 0.1) is 0 Å². The molecule has 0 saturated heterocycles. The van der Waals surface area contributed by atoms with Crippen molar-refractivity contribution in [1.82, 2.24) is 0 Å². The number of hydrogen-bond acceptors (Lipinski definition) is 0. The third-order valence-electron chi connectivity index (χ3n) is 4.09. The van der Waals surface area contributed by atoms with E-state index in [9.17, 15) is 0 Å². The van der Waals surface area contributed by atoms with Crippen molar-refractivity contribution in [1.29, 1.82) is 0 Å². The average Bonchev–Trinajstić information content (AvgIpc) is 2.12. The van der Waals surface area contributed by atoms with E-state index < -0.39 is 6.60 Å². The molecule has 70 valence electrons. The Morgan fingerprint density at radius 3 is 1.09 bits per heavy atom. The van der Waals surface area contributed by atoms with Crippen LogP contribution in [0.3, 0.4) is 0 Å². The van der Waals surface area contributed by atoms with E-state index >= 15 is 0 Å². The average molecular weight is 194 g/mol. The summed E-state index contributed by atoms with van der Waals surface area (Å²) >= 11 is 0. The van der Waals surface area contributed by atoms with Crippen LogP contribution >= 0.6 is 15.8 Å². The van der Waals surface area contributed by atoms with E-state index in [0.717, 1.165) is 0 Å². The van der Waals surface area contributed by atoms with Crippen LogP contribution < -0.4 is 0 Å². The van der Waals surface area contributed by atoms with Gasteiger partial charge in [0.1, 0.15) is 0 Å². The first-order valence-corrected chi connectivity index (χ1v) is 8.80. The predicted octanol–water partition coefficient (Wildman–Crippen LogP) is 3.45. The summed E-state index contributed by atoms with van der Waals surface area (Å²) in [7, 11) is 2.99. The molecule has 0 aromatic rings. The Bertz CT molecular complexity index is 79.9. The zero-order valence-electron chi connectivity index (χ0n) is 8.56. The second-order valence-corrected chi connectivity index (χ2v) is 12.1. The van der Waals surface area contributed by atoms with Crippen LogP contribution in [-0.4, -0.2) is 30.6 Å².